The zero-order valence-electron chi connectivity index (χ0n) is 22.2. The molecule has 1 N–H and O–H groups in total. The first kappa shape index (κ1) is 23.7. The third-order valence-corrected chi connectivity index (χ3v) is 11.0. The molecule has 2 aromatic rings. The Labute approximate surface area is 214 Å². The molecule has 1 aromatic heterocycles. The summed E-state index contributed by atoms with van der Waals surface area (Å²) in [6.07, 6.45) is 11.8. The average Bonchev–Trinajstić information content (AvgIpc) is 3.41. The number of H-pyrrole nitrogens is 1. The van der Waals surface area contributed by atoms with Gasteiger partial charge >= 0.3 is 0 Å². The van der Waals surface area contributed by atoms with Crippen LogP contribution >= 0.6 is 0 Å². The molecule has 2 heterocycles. The van der Waals surface area contributed by atoms with Crippen LogP contribution in [0.4, 0.5) is 0 Å². The van der Waals surface area contributed by atoms with Crippen molar-refractivity contribution < 1.29 is 9.59 Å². The second kappa shape index (κ2) is 8.46. The van der Waals surface area contributed by atoms with Gasteiger partial charge in [0.05, 0.1) is 17.6 Å². The minimum Gasteiger partial charge on any atom is -0.340 e. The average molecular weight is 489 g/mol. The summed E-state index contributed by atoms with van der Waals surface area (Å²) < 4.78 is 0. The highest BCUT2D eigenvalue weighted by Gasteiger charge is 2.60. The molecule has 3 aliphatic carbocycles. The number of carbonyl (C=O) groups is 2. The zero-order valence-corrected chi connectivity index (χ0v) is 22.2. The van der Waals surface area contributed by atoms with Crippen molar-refractivity contribution in [2.45, 2.75) is 71.4 Å². The zero-order chi connectivity index (χ0) is 25.2. The summed E-state index contributed by atoms with van der Waals surface area (Å²) in [6, 6.07) is 8.34. The lowest BCUT2D eigenvalue weighted by atomic mass is 9.47. The first-order valence-corrected chi connectivity index (χ1v) is 13.8. The molecule has 7 atom stereocenters. The maximum Gasteiger partial charge on any atom is 0.246 e. The van der Waals surface area contributed by atoms with E-state index in [1.165, 1.54) is 25.7 Å². The van der Waals surface area contributed by atoms with Crippen molar-refractivity contribution in [3.63, 3.8) is 0 Å². The van der Waals surface area contributed by atoms with Crippen LogP contribution in [-0.2, 0) is 16.1 Å². The molecule has 36 heavy (non-hydrogen) atoms. The van der Waals surface area contributed by atoms with Crippen LogP contribution in [0.5, 0.6) is 0 Å². The van der Waals surface area contributed by atoms with Gasteiger partial charge in [-0.15, -0.1) is 0 Å². The van der Waals surface area contributed by atoms with E-state index in [1.807, 2.05) is 54.2 Å². The number of nitrogens with one attached hydrogen (secondary N) is 1. The summed E-state index contributed by atoms with van der Waals surface area (Å²) in [5.41, 5.74) is 2.28. The van der Waals surface area contributed by atoms with Crippen molar-refractivity contribution in [2.24, 2.45) is 34.5 Å². The first-order chi connectivity index (χ1) is 17.2. The predicted molar refractivity (Wildman–Crippen MR) is 141 cm³/mol. The van der Waals surface area contributed by atoms with Gasteiger partial charge in [0.1, 0.15) is 5.82 Å². The number of hydrogen-bond acceptors (Lipinski definition) is 3. The van der Waals surface area contributed by atoms with E-state index < -0.39 is 0 Å². The van der Waals surface area contributed by atoms with E-state index >= 15 is 0 Å². The van der Waals surface area contributed by atoms with Gasteiger partial charge in [-0.3, -0.25) is 9.59 Å². The number of fused-ring (bicyclic) bond motifs is 6. The summed E-state index contributed by atoms with van der Waals surface area (Å²) in [5, 5.41) is 0. The van der Waals surface area contributed by atoms with Gasteiger partial charge in [0.2, 0.25) is 11.8 Å². The number of aromatic amines is 1. The van der Waals surface area contributed by atoms with Crippen LogP contribution in [0, 0.1) is 34.5 Å². The molecule has 0 saturated heterocycles. The highest BCUT2D eigenvalue weighted by Crippen LogP contribution is 2.66. The maximum absolute atomic E-state index is 13.4. The van der Waals surface area contributed by atoms with Crippen molar-refractivity contribution in [2.75, 3.05) is 14.1 Å². The highest BCUT2D eigenvalue weighted by molar-refractivity contribution is 5.89. The number of benzene rings is 1. The summed E-state index contributed by atoms with van der Waals surface area (Å²) in [4.78, 5) is 37.6. The van der Waals surface area contributed by atoms with Crippen LogP contribution in [0.3, 0.4) is 0 Å². The van der Waals surface area contributed by atoms with Crippen LogP contribution in [0.2, 0.25) is 0 Å². The molecule has 0 bridgehead atoms. The summed E-state index contributed by atoms with van der Waals surface area (Å²) >= 11 is 0. The van der Waals surface area contributed by atoms with Gasteiger partial charge in [-0.05, 0) is 85.8 Å². The van der Waals surface area contributed by atoms with Gasteiger partial charge in [0.15, 0.2) is 0 Å². The van der Waals surface area contributed by atoms with Gasteiger partial charge in [0, 0.05) is 32.0 Å². The molecule has 6 rings (SSSR count). The predicted octanol–water partition coefficient (Wildman–Crippen LogP) is 5.17. The van der Waals surface area contributed by atoms with Gasteiger partial charge in [-0.1, -0.05) is 32.1 Å². The van der Waals surface area contributed by atoms with Crippen LogP contribution in [0.15, 0.2) is 36.4 Å². The van der Waals surface area contributed by atoms with Crippen LogP contribution in [0.25, 0.3) is 11.0 Å². The Morgan fingerprint density at radius 2 is 1.94 bits per heavy atom. The van der Waals surface area contributed by atoms with Crippen molar-refractivity contribution >= 4 is 22.8 Å². The molecular formula is C30H40N4O2. The van der Waals surface area contributed by atoms with Crippen LogP contribution < -0.4 is 0 Å². The van der Waals surface area contributed by atoms with E-state index in [2.05, 4.69) is 29.9 Å². The van der Waals surface area contributed by atoms with Gasteiger partial charge < -0.3 is 14.8 Å². The Kier molecular flexibility index (Phi) is 5.58. The van der Waals surface area contributed by atoms with Gasteiger partial charge in [0.25, 0.3) is 0 Å². The van der Waals surface area contributed by atoms with Crippen molar-refractivity contribution in [3.05, 3.63) is 42.2 Å². The van der Waals surface area contributed by atoms with E-state index in [4.69, 9.17) is 0 Å². The fourth-order valence-corrected chi connectivity index (χ4v) is 8.94. The number of nitrogens with zero attached hydrogens (tertiary/aromatic N) is 3. The Hall–Kier alpha value is -2.63. The van der Waals surface area contributed by atoms with Crippen LogP contribution in [0.1, 0.15) is 64.6 Å². The van der Waals surface area contributed by atoms with E-state index in [9.17, 15) is 9.59 Å². The van der Waals surface area contributed by atoms with Gasteiger partial charge in [-0.25, -0.2) is 4.98 Å². The molecule has 3 saturated carbocycles. The normalized spacial score (nSPS) is 37.5. The highest BCUT2D eigenvalue weighted by atomic mass is 16.2. The fraction of sp³-hybridized carbons (Fsp3) is 0.633. The third-order valence-electron chi connectivity index (χ3n) is 11.0. The fourth-order valence-electron chi connectivity index (χ4n) is 8.94. The molecule has 0 spiro atoms. The lowest BCUT2D eigenvalue weighted by Crippen LogP contribution is -2.59. The lowest BCUT2D eigenvalue weighted by Gasteiger charge is -2.60. The largest absolute Gasteiger partial charge is 0.340 e. The second-order valence-electron chi connectivity index (χ2n) is 12.6. The topological polar surface area (TPSA) is 69.3 Å². The number of amides is 2. The van der Waals surface area contributed by atoms with Crippen LogP contribution in [-0.4, -0.2) is 51.7 Å². The standard InChI is InChI=1S/C30H40N4O2/c1-29-15-13-22-20(10-12-25-30(22,2)16-14-27(35)34(25)4)21(29)11-9-19(29)17-28(36)33(3)18-26-31-23-7-5-6-8-24(23)32-26/h5-8,14,16,19-22,25H,9-13,15,17-18H2,1-4H3,(H,31,32)/t19-,20?,21?,22?,25?,29-,30-/m1/s1. The van der Waals surface area contributed by atoms with E-state index in [1.54, 1.807) is 0 Å². The smallest absolute Gasteiger partial charge is 0.246 e. The molecule has 2 amide bonds. The second-order valence-corrected chi connectivity index (χ2v) is 12.6. The molecule has 192 valence electrons. The molecule has 6 nitrogen and oxygen atoms in total. The van der Waals surface area contributed by atoms with Crippen molar-refractivity contribution in [1.29, 1.82) is 0 Å². The quantitative estimate of drug-likeness (QED) is 0.646. The molecule has 3 fully saturated rings. The Balaban J connectivity index is 1.15. The lowest BCUT2D eigenvalue weighted by molar-refractivity contribution is -0.139. The molecule has 1 aromatic carbocycles. The third kappa shape index (κ3) is 3.54. The minimum atomic E-state index is 0.0770. The number of para-hydroxylation sites is 2. The van der Waals surface area contributed by atoms with Crippen molar-refractivity contribution in [3.8, 4) is 0 Å². The SMILES string of the molecule is CN(Cc1nc2ccccc2[nH]1)C(=O)C[C@H]1CCC2C3CCC4N(C)C(=O)C=C[C@]4(C)C3CC[C@@]21C. The summed E-state index contributed by atoms with van der Waals surface area (Å²) in [7, 11) is 3.90. The monoisotopic (exact) mass is 488 g/mol. The Morgan fingerprint density at radius 3 is 2.75 bits per heavy atom. The number of carbonyl (C=O) groups excluding carboxylic acids is 2. The van der Waals surface area contributed by atoms with E-state index in [0.717, 1.165) is 29.7 Å². The molecule has 6 heteroatoms. The number of aromatic nitrogens is 2. The van der Waals surface area contributed by atoms with E-state index in [-0.39, 0.29) is 22.6 Å². The Morgan fingerprint density at radius 1 is 1.14 bits per heavy atom. The molecule has 4 unspecified atom stereocenters. The summed E-state index contributed by atoms with van der Waals surface area (Å²) in [6.45, 7) is 5.40. The van der Waals surface area contributed by atoms with Crippen molar-refractivity contribution in [1.82, 2.24) is 19.8 Å². The molecular weight excluding hydrogens is 448 g/mol. The number of likely N-dealkylation sites (N-methyl/N-ethyl adjacent to an activating group) is 1. The van der Waals surface area contributed by atoms with E-state index in [0.29, 0.717) is 42.7 Å². The number of imidazole rings is 1. The molecule has 0 radical (unpaired) electrons. The van der Waals surface area contributed by atoms with Gasteiger partial charge in [-0.2, -0.15) is 0 Å². The number of hydrogen-bond donors (Lipinski definition) is 1. The molecule has 1 aliphatic heterocycles. The summed E-state index contributed by atoms with van der Waals surface area (Å²) in [5.74, 6) is 3.70. The first-order valence-electron chi connectivity index (χ1n) is 13.8. The maximum atomic E-state index is 13.4. The number of rotatable bonds is 4. The Bertz CT molecular complexity index is 1190. The minimum absolute atomic E-state index is 0.0770. The molecule has 4 aliphatic rings.